The molecule has 10 heteroatoms. The highest BCUT2D eigenvalue weighted by Crippen LogP contribution is 2.25. The first-order valence-electron chi connectivity index (χ1n) is 7.91. The van der Waals surface area contributed by atoms with Gasteiger partial charge in [0.2, 0.25) is 10.0 Å². The van der Waals surface area contributed by atoms with E-state index in [-0.39, 0.29) is 16.2 Å². The third-order valence-corrected chi connectivity index (χ3v) is 5.94. The fourth-order valence-electron chi connectivity index (χ4n) is 2.14. The fraction of sp³-hybridized carbons (Fsp3) is 0.294. The summed E-state index contributed by atoms with van der Waals surface area (Å²) in [4.78, 5) is 25.1. The Balaban J connectivity index is 2.08. The van der Waals surface area contributed by atoms with Gasteiger partial charge in [0.25, 0.3) is 5.91 Å². The lowest BCUT2D eigenvalue weighted by Gasteiger charge is -2.14. The number of hydrogen-bond acceptors (Lipinski definition) is 7. The fourth-order valence-corrected chi connectivity index (χ4v) is 3.70. The molecule has 1 aromatic heterocycles. The van der Waals surface area contributed by atoms with Crippen molar-refractivity contribution in [3.63, 3.8) is 0 Å². The van der Waals surface area contributed by atoms with Crippen molar-refractivity contribution in [2.75, 3.05) is 14.2 Å². The average molecular weight is 412 g/mol. The van der Waals surface area contributed by atoms with Gasteiger partial charge in [-0.15, -0.1) is 11.3 Å². The summed E-state index contributed by atoms with van der Waals surface area (Å²) in [7, 11) is -1.27. The first kappa shape index (κ1) is 20.9. The molecule has 0 saturated heterocycles. The molecule has 8 nitrogen and oxygen atoms in total. The molecule has 0 fully saturated rings. The second-order valence-electron chi connectivity index (χ2n) is 5.42. The standard InChI is InChI=1S/C17H20N2O6S2/c1-11(16(20)19-10-13-5-4-8-26-13)25-17(21)12-6-7-14(24-3)15(9-12)27(22,23)18-2/h4-9,11,18H,10H2,1-3H3,(H,19,20)/t11-/m0/s1. The van der Waals surface area contributed by atoms with Crippen LogP contribution in [0.4, 0.5) is 0 Å². The van der Waals surface area contributed by atoms with E-state index in [1.54, 1.807) is 0 Å². The van der Waals surface area contributed by atoms with Crippen LogP contribution in [0, 0.1) is 0 Å². The molecular weight excluding hydrogens is 392 g/mol. The van der Waals surface area contributed by atoms with Gasteiger partial charge >= 0.3 is 5.97 Å². The summed E-state index contributed by atoms with van der Waals surface area (Å²) >= 11 is 1.50. The Bertz CT molecular complexity index is 910. The quantitative estimate of drug-likeness (QED) is 0.636. The number of nitrogens with one attached hydrogen (secondary N) is 2. The smallest absolute Gasteiger partial charge is 0.338 e. The van der Waals surface area contributed by atoms with Crippen LogP contribution in [0.2, 0.25) is 0 Å². The van der Waals surface area contributed by atoms with E-state index >= 15 is 0 Å². The zero-order valence-corrected chi connectivity index (χ0v) is 16.6. The van der Waals surface area contributed by atoms with Gasteiger partial charge in [0.15, 0.2) is 6.10 Å². The Labute approximate surface area is 161 Å². The predicted molar refractivity (Wildman–Crippen MR) is 100 cm³/mol. The Morgan fingerprint density at radius 2 is 2.00 bits per heavy atom. The number of sulfonamides is 1. The van der Waals surface area contributed by atoms with E-state index in [1.807, 2.05) is 17.5 Å². The summed E-state index contributed by atoms with van der Waals surface area (Å²) in [5.41, 5.74) is -0.0115. The lowest BCUT2D eigenvalue weighted by Crippen LogP contribution is -2.35. The number of methoxy groups -OCH3 is 1. The number of hydrogen-bond donors (Lipinski definition) is 2. The number of carbonyl (C=O) groups excluding carboxylic acids is 2. The van der Waals surface area contributed by atoms with Crippen LogP contribution in [-0.4, -0.2) is 40.6 Å². The van der Waals surface area contributed by atoms with Gasteiger partial charge in [0.05, 0.1) is 19.2 Å². The molecule has 27 heavy (non-hydrogen) atoms. The van der Waals surface area contributed by atoms with Gasteiger partial charge in [-0.3, -0.25) is 4.79 Å². The van der Waals surface area contributed by atoms with Crippen LogP contribution in [0.5, 0.6) is 5.75 Å². The Morgan fingerprint density at radius 3 is 2.59 bits per heavy atom. The molecule has 0 aliphatic heterocycles. The predicted octanol–water partition coefficient (Wildman–Crippen LogP) is 1.53. The second-order valence-corrected chi connectivity index (χ2v) is 8.31. The molecule has 0 saturated carbocycles. The highest BCUT2D eigenvalue weighted by atomic mass is 32.2. The SMILES string of the molecule is CNS(=O)(=O)c1cc(C(=O)O[C@@H](C)C(=O)NCc2cccs2)ccc1OC. The van der Waals surface area contributed by atoms with Crippen molar-refractivity contribution in [3.05, 3.63) is 46.2 Å². The van der Waals surface area contributed by atoms with Gasteiger partial charge in [-0.05, 0) is 43.6 Å². The van der Waals surface area contributed by atoms with Crippen molar-refractivity contribution >= 4 is 33.2 Å². The number of esters is 1. The maximum Gasteiger partial charge on any atom is 0.338 e. The molecular formula is C17H20N2O6S2. The largest absolute Gasteiger partial charge is 0.495 e. The van der Waals surface area contributed by atoms with Crippen LogP contribution in [0.3, 0.4) is 0 Å². The molecule has 2 rings (SSSR count). The number of thiophene rings is 1. The van der Waals surface area contributed by atoms with Crippen LogP contribution < -0.4 is 14.8 Å². The van der Waals surface area contributed by atoms with Gasteiger partial charge in [0.1, 0.15) is 10.6 Å². The van der Waals surface area contributed by atoms with Crippen LogP contribution in [0.15, 0.2) is 40.6 Å². The highest BCUT2D eigenvalue weighted by molar-refractivity contribution is 7.89. The van der Waals surface area contributed by atoms with Crippen molar-refractivity contribution in [2.45, 2.75) is 24.5 Å². The highest BCUT2D eigenvalue weighted by Gasteiger charge is 2.23. The Morgan fingerprint density at radius 1 is 1.26 bits per heavy atom. The molecule has 2 N–H and O–H groups in total. The van der Waals surface area contributed by atoms with Gasteiger partial charge in [-0.1, -0.05) is 6.07 Å². The lowest BCUT2D eigenvalue weighted by atomic mass is 10.2. The molecule has 0 bridgehead atoms. The monoisotopic (exact) mass is 412 g/mol. The molecule has 2 aromatic rings. The van der Waals surface area contributed by atoms with Crippen LogP contribution in [-0.2, 0) is 26.1 Å². The van der Waals surface area contributed by atoms with Crippen LogP contribution in [0.25, 0.3) is 0 Å². The first-order valence-corrected chi connectivity index (χ1v) is 10.3. The molecule has 1 amide bonds. The summed E-state index contributed by atoms with van der Waals surface area (Å²) in [6.45, 7) is 1.78. The van der Waals surface area contributed by atoms with Gasteiger partial charge < -0.3 is 14.8 Å². The minimum atomic E-state index is -3.84. The summed E-state index contributed by atoms with van der Waals surface area (Å²) in [5, 5.41) is 4.57. The molecule has 0 unspecified atom stereocenters. The van der Waals surface area contributed by atoms with E-state index < -0.39 is 28.0 Å². The third kappa shape index (κ3) is 5.28. The molecule has 1 heterocycles. The summed E-state index contributed by atoms with van der Waals surface area (Å²) in [5.74, 6) is -1.18. The van der Waals surface area contributed by atoms with Crippen molar-refractivity contribution in [3.8, 4) is 5.75 Å². The van der Waals surface area contributed by atoms with E-state index in [4.69, 9.17) is 9.47 Å². The van der Waals surface area contributed by atoms with Crippen molar-refractivity contribution < 1.29 is 27.5 Å². The van der Waals surface area contributed by atoms with Crippen molar-refractivity contribution in [1.82, 2.24) is 10.0 Å². The molecule has 0 aliphatic carbocycles. The van der Waals surface area contributed by atoms with E-state index in [0.717, 1.165) is 10.9 Å². The minimum Gasteiger partial charge on any atom is -0.495 e. The number of amides is 1. The molecule has 0 radical (unpaired) electrons. The number of benzene rings is 1. The van der Waals surface area contributed by atoms with E-state index in [9.17, 15) is 18.0 Å². The molecule has 0 aliphatic rings. The van der Waals surface area contributed by atoms with Crippen LogP contribution in [0.1, 0.15) is 22.2 Å². The van der Waals surface area contributed by atoms with Crippen LogP contribution >= 0.6 is 11.3 Å². The maximum atomic E-state index is 12.3. The van der Waals surface area contributed by atoms with Gasteiger partial charge in [-0.25, -0.2) is 17.9 Å². The first-order chi connectivity index (χ1) is 12.8. The third-order valence-electron chi connectivity index (χ3n) is 3.63. The Hall–Kier alpha value is -2.43. The topological polar surface area (TPSA) is 111 Å². The maximum absolute atomic E-state index is 12.3. The van der Waals surface area contributed by atoms with Crippen molar-refractivity contribution in [2.24, 2.45) is 0 Å². The lowest BCUT2D eigenvalue weighted by molar-refractivity contribution is -0.129. The van der Waals surface area contributed by atoms with Gasteiger partial charge in [-0.2, -0.15) is 0 Å². The number of carbonyl (C=O) groups is 2. The zero-order valence-electron chi connectivity index (χ0n) is 15.0. The Kier molecular flexibility index (Phi) is 6.94. The number of ether oxygens (including phenoxy) is 2. The summed E-state index contributed by atoms with van der Waals surface area (Å²) in [6.07, 6.45) is -1.04. The van der Waals surface area contributed by atoms with Gasteiger partial charge in [0, 0.05) is 4.88 Å². The molecule has 1 aromatic carbocycles. The van der Waals surface area contributed by atoms with E-state index in [0.29, 0.717) is 6.54 Å². The summed E-state index contributed by atoms with van der Waals surface area (Å²) < 4.78 is 36.5. The zero-order chi connectivity index (χ0) is 20.0. The second kappa shape index (κ2) is 8.98. The average Bonchev–Trinajstić information content (AvgIpc) is 3.18. The number of rotatable bonds is 8. The van der Waals surface area contributed by atoms with E-state index in [1.165, 1.54) is 44.6 Å². The summed E-state index contributed by atoms with van der Waals surface area (Å²) in [6, 6.07) is 7.61. The molecule has 146 valence electrons. The van der Waals surface area contributed by atoms with E-state index in [2.05, 4.69) is 10.0 Å². The molecule has 0 spiro atoms. The molecule has 1 atom stereocenters. The van der Waals surface area contributed by atoms with Crippen molar-refractivity contribution in [1.29, 1.82) is 0 Å². The minimum absolute atomic E-state index is 0.0115. The normalized spacial score (nSPS) is 12.3.